The quantitative estimate of drug-likeness (QED) is 0.501. The average Bonchev–Trinajstić information content (AvgIpc) is 2.40. The Morgan fingerprint density at radius 3 is 1.95 bits per heavy atom. The Kier molecular flexibility index (Phi) is 8.14. The van der Waals surface area contributed by atoms with Gasteiger partial charge >= 0.3 is 23.9 Å². The highest BCUT2D eigenvalue weighted by Crippen LogP contribution is 2.28. The summed E-state index contributed by atoms with van der Waals surface area (Å²) in [5, 5.41) is 8.58. The molecule has 2 atom stereocenters. The van der Waals surface area contributed by atoms with E-state index in [1.54, 1.807) is 13.8 Å². The van der Waals surface area contributed by atoms with Crippen LogP contribution >= 0.6 is 0 Å². The van der Waals surface area contributed by atoms with Crippen LogP contribution in [0.1, 0.15) is 53.4 Å². The van der Waals surface area contributed by atoms with E-state index in [0.717, 1.165) is 6.92 Å². The van der Waals surface area contributed by atoms with Gasteiger partial charge in [-0.2, -0.15) is 0 Å². The first kappa shape index (κ1) is 19.9. The van der Waals surface area contributed by atoms with E-state index in [2.05, 4.69) is 0 Å². The van der Waals surface area contributed by atoms with Crippen molar-refractivity contribution in [1.82, 2.24) is 0 Å². The van der Waals surface area contributed by atoms with Crippen molar-refractivity contribution in [2.75, 3.05) is 0 Å². The van der Waals surface area contributed by atoms with Gasteiger partial charge in [0, 0.05) is 20.3 Å². The molecular formula is C14H22O8. The third kappa shape index (κ3) is 6.55. The van der Waals surface area contributed by atoms with E-state index in [4.69, 9.17) is 19.3 Å². The van der Waals surface area contributed by atoms with Crippen LogP contribution in [0.15, 0.2) is 0 Å². The Morgan fingerprint density at radius 1 is 1.00 bits per heavy atom. The van der Waals surface area contributed by atoms with Gasteiger partial charge in [0.25, 0.3) is 5.79 Å². The SMILES string of the molecule is CCC(OC(C)=O)C(CC)(OC(C)=O)OC(=O)CCC(=O)O. The predicted molar refractivity (Wildman–Crippen MR) is 73.6 cm³/mol. The van der Waals surface area contributed by atoms with E-state index < -0.39 is 42.2 Å². The molecule has 0 aliphatic heterocycles. The lowest BCUT2D eigenvalue weighted by molar-refractivity contribution is -0.266. The Hall–Kier alpha value is -2.12. The first-order valence-electron chi connectivity index (χ1n) is 6.97. The molecule has 0 rings (SSSR count). The van der Waals surface area contributed by atoms with Gasteiger partial charge in [-0.15, -0.1) is 0 Å². The topological polar surface area (TPSA) is 116 Å². The third-order valence-corrected chi connectivity index (χ3v) is 2.81. The van der Waals surface area contributed by atoms with Gasteiger partial charge < -0.3 is 19.3 Å². The van der Waals surface area contributed by atoms with E-state index in [9.17, 15) is 19.2 Å². The molecule has 0 amide bonds. The highest BCUT2D eigenvalue weighted by molar-refractivity contribution is 5.77. The summed E-state index contributed by atoms with van der Waals surface area (Å²) in [5.41, 5.74) is 0. The summed E-state index contributed by atoms with van der Waals surface area (Å²) in [5.74, 6) is -5.09. The largest absolute Gasteiger partial charge is 0.481 e. The van der Waals surface area contributed by atoms with Crippen LogP contribution in [0.4, 0.5) is 0 Å². The van der Waals surface area contributed by atoms with Crippen LogP contribution in [0.5, 0.6) is 0 Å². The lowest BCUT2D eigenvalue weighted by atomic mass is 10.0. The Balaban J connectivity index is 5.28. The zero-order valence-electron chi connectivity index (χ0n) is 13.2. The maximum atomic E-state index is 11.8. The van der Waals surface area contributed by atoms with Gasteiger partial charge in [0.15, 0.2) is 6.10 Å². The first-order valence-corrected chi connectivity index (χ1v) is 6.97. The third-order valence-electron chi connectivity index (χ3n) is 2.81. The van der Waals surface area contributed by atoms with Crippen LogP contribution in [0, 0.1) is 0 Å². The molecule has 0 aliphatic carbocycles. The van der Waals surface area contributed by atoms with E-state index >= 15 is 0 Å². The molecule has 0 aromatic rings. The van der Waals surface area contributed by atoms with Crippen LogP contribution in [-0.4, -0.2) is 40.9 Å². The molecular weight excluding hydrogens is 296 g/mol. The van der Waals surface area contributed by atoms with Crippen molar-refractivity contribution < 1.29 is 38.5 Å². The summed E-state index contributed by atoms with van der Waals surface area (Å²) in [4.78, 5) is 44.8. The summed E-state index contributed by atoms with van der Waals surface area (Å²) in [6.45, 7) is 5.59. The molecule has 0 aliphatic rings. The summed E-state index contributed by atoms with van der Waals surface area (Å²) >= 11 is 0. The molecule has 0 fully saturated rings. The molecule has 0 spiro atoms. The number of rotatable bonds is 9. The summed E-state index contributed by atoms with van der Waals surface area (Å²) in [6.07, 6.45) is -1.48. The number of carboxylic acid groups (broad SMARTS) is 1. The van der Waals surface area contributed by atoms with Crippen molar-refractivity contribution in [3.63, 3.8) is 0 Å². The van der Waals surface area contributed by atoms with Crippen LogP contribution < -0.4 is 0 Å². The average molecular weight is 318 g/mol. The minimum Gasteiger partial charge on any atom is -0.481 e. The van der Waals surface area contributed by atoms with E-state index in [-0.39, 0.29) is 19.3 Å². The van der Waals surface area contributed by atoms with Crippen molar-refractivity contribution in [2.24, 2.45) is 0 Å². The molecule has 0 aromatic carbocycles. The number of carboxylic acids is 1. The minimum absolute atomic E-state index is 0.0528. The van der Waals surface area contributed by atoms with Gasteiger partial charge in [-0.1, -0.05) is 13.8 Å². The zero-order chi connectivity index (χ0) is 17.3. The lowest BCUT2D eigenvalue weighted by Gasteiger charge is -2.36. The van der Waals surface area contributed by atoms with Gasteiger partial charge in [-0.05, 0) is 6.42 Å². The van der Waals surface area contributed by atoms with Gasteiger partial charge in [0.1, 0.15) is 0 Å². The Labute approximate surface area is 128 Å². The first-order chi connectivity index (χ1) is 10.2. The molecule has 0 bridgehead atoms. The number of hydrogen-bond donors (Lipinski definition) is 1. The molecule has 126 valence electrons. The molecule has 0 aromatic heterocycles. The second kappa shape index (κ2) is 9.01. The van der Waals surface area contributed by atoms with Gasteiger partial charge in [0.05, 0.1) is 12.8 Å². The second-order valence-electron chi connectivity index (χ2n) is 4.63. The molecule has 1 N–H and O–H groups in total. The fraction of sp³-hybridized carbons (Fsp3) is 0.714. The van der Waals surface area contributed by atoms with Crippen LogP contribution in [0.3, 0.4) is 0 Å². The minimum atomic E-state index is -1.76. The maximum Gasteiger partial charge on any atom is 0.309 e. The fourth-order valence-corrected chi connectivity index (χ4v) is 1.90. The summed E-state index contributed by atoms with van der Waals surface area (Å²) in [7, 11) is 0. The molecule has 0 saturated heterocycles. The normalized spacial score (nSPS) is 14.4. The zero-order valence-corrected chi connectivity index (χ0v) is 13.2. The van der Waals surface area contributed by atoms with Gasteiger partial charge in [-0.3, -0.25) is 19.2 Å². The van der Waals surface area contributed by atoms with Crippen LogP contribution in [-0.2, 0) is 33.4 Å². The van der Waals surface area contributed by atoms with Crippen molar-refractivity contribution in [1.29, 1.82) is 0 Å². The van der Waals surface area contributed by atoms with E-state index in [1.165, 1.54) is 6.92 Å². The highest BCUT2D eigenvalue weighted by Gasteiger charge is 2.46. The Bertz CT molecular complexity index is 431. The van der Waals surface area contributed by atoms with Crippen molar-refractivity contribution in [3.8, 4) is 0 Å². The van der Waals surface area contributed by atoms with E-state index in [1.807, 2.05) is 0 Å². The number of aliphatic carboxylic acids is 1. The number of ether oxygens (including phenoxy) is 3. The smallest absolute Gasteiger partial charge is 0.309 e. The summed E-state index contributed by atoms with van der Waals surface area (Å²) in [6, 6.07) is 0. The Morgan fingerprint density at radius 2 is 1.59 bits per heavy atom. The molecule has 0 saturated carbocycles. The number of hydrogen-bond acceptors (Lipinski definition) is 7. The molecule has 2 unspecified atom stereocenters. The number of carbonyl (C=O) groups excluding carboxylic acids is 3. The predicted octanol–water partition coefficient (Wildman–Crippen LogP) is 1.41. The maximum absolute atomic E-state index is 11.8. The van der Waals surface area contributed by atoms with Crippen molar-refractivity contribution in [2.45, 2.75) is 65.3 Å². The molecule has 22 heavy (non-hydrogen) atoms. The van der Waals surface area contributed by atoms with Crippen molar-refractivity contribution in [3.05, 3.63) is 0 Å². The number of carbonyl (C=O) groups is 4. The monoisotopic (exact) mass is 318 g/mol. The molecule has 8 nitrogen and oxygen atoms in total. The highest BCUT2D eigenvalue weighted by atomic mass is 16.8. The number of esters is 3. The van der Waals surface area contributed by atoms with Crippen LogP contribution in [0.25, 0.3) is 0 Å². The standard InChI is InChI=1S/C14H22O8/c1-5-11(20-9(3)15)14(6-2,21-10(4)16)22-13(19)8-7-12(17)18/h11H,5-8H2,1-4H3,(H,17,18). The molecule has 0 heterocycles. The fourth-order valence-electron chi connectivity index (χ4n) is 1.90. The second-order valence-corrected chi connectivity index (χ2v) is 4.63. The van der Waals surface area contributed by atoms with Gasteiger partial charge in [0.2, 0.25) is 0 Å². The lowest BCUT2D eigenvalue weighted by Crippen LogP contribution is -2.51. The molecule has 0 radical (unpaired) electrons. The summed E-state index contributed by atoms with van der Waals surface area (Å²) < 4.78 is 15.4. The van der Waals surface area contributed by atoms with Crippen LogP contribution in [0.2, 0.25) is 0 Å². The van der Waals surface area contributed by atoms with Crippen molar-refractivity contribution >= 4 is 23.9 Å². The molecule has 8 heteroatoms. The van der Waals surface area contributed by atoms with Gasteiger partial charge in [-0.25, -0.2) is 0 Å². The van der Waals surface area contributed by atoms with E-state index in [0.29, 0.717) is 0 Å².